The number of rotatable bonds is 5. The fourth-order valence-electron chi connectivity index (χ4n) is 4.04. The fraction of sp³-hybridized carbons (Fsp3) is 0.409. The van der Waals surface area contributed by atoms with Crippen molar-refractivity contribution < 1.29 is 4.79 Å². The minimum atomic E-state index is 0.147. The van der Waals surface area contributed by atoms with Gasteiger partial charge in [-0.15, -0.1) is 0 Å². The number of hydrogen-bond acceptors (Lipinski definition) is 6. The number of aromatic nitrogens is 3. The molecule has 156 valence electrons. The fourth-order valence-corrected chi connectivity index (χ4v) is 4.04. The number of anilines is 4. The highest BCUT2D eigenvalue weighted by atomic mass is 16.2. The van der Waals surface area contributed by atoms with E-state index in [4.69, 9.17) is 4.98 Å². The van der Waals surface area contributed by atoms with Gasteiger partial charge in [0.25, 0.3) is 0 Å². The molecule has 3 aromatic rings. The number of carbonyl (C=O) groups excluding carboxylic acids is 1. The Morgan fingerprint density at radius 3 is 2.70 bits per heavy atom. The Morgan fingerprint density at radius 1 is 1.13 bits per heavy atom. The van der Waals surface area contributed by atoms with Gasteiger partial charge < -0.3 is 25.4 Å². The molecule has 0 bridgehead atoms. The lowest BCUT2D eigenvalue weighted by Crippen LogP contribution is -2.48. The molecule has 0 spiro atoms. The van der Waals surface area contributed by atoms with E-state index in [-0.39, 0.29) is 5.91 Å². The maximum absolute atomic E-state index is 11.6. The van der Waals surface area contributed by atoms with E-state index in [2.05, 4.69) is 37.6 Å². The van der Waals surface area contributed by atoms with Crippen LogP contribution in [0, 0.1) is 0 Å². The minimum absolute atomic E-state index is 0.147. The molecule has 30 heavy (non-hydrogen) atoms. The molecule has 1 amide bonds. The molecule has 2 aliphatic rings. The number of carbonyl (C=O) groups is 1. The van der Waals surface area contributed by atoms with Crippen LogP contribution in [0.5, 0.6) is 0 Å². The summed E-state index contributed by atoms with van der Waals surface area (Å²) in [5, 5.41) is 7.95. The average Bonchev–Trinajstić information content (AvgIpc) is 3.20. The van der Waals surface area contributed by atoms with Gasteiger partial charge in [0, 0.05) is 56.7 Å². The van der Waals surface area contributed by atoms with Gasteiger partial charge in [-0.1, -0.05) is 6.07 Å². The van der Waals surface area contributed by atoms with Gasteiger partial charge in [0.2, 0.25) is 11.9 Å². The highest BCUT2D eigenvalue weighted by molar-refractivity contribution is 5.88. The molecule has 2 fully saturated rings. The maximum Gasteiger partial charge on any atom is 0.231 e. The predicted octanol–water partition coefficient (Wildman–Crippen LogP) is 3.33. The van der Waals surface area contributed by atoms with Gasteiger partial charge >= 0.3 is 0 Å². The number of amides is 1. The summed E-state index contributed by atoms with van der Waals surface area (Å²) in [6, 6.07) is 10.8. The quantitative estimate of drug-likeness (QED) is 0.603. The Morgan fingerprint density at radius 2 is 1.97 bits per heavy atom. The maximum atomic E-state index is 11.6. The van der Waals surface area contributed by atoms with Gasteiger partial charge in [-0.3, -0.25) is 4.79 Å². The van der Waals surface area contributed by atoms with Crippen molar-refractivity contribution in [2.75, 3.05) is 41.7 Å². The Balaban J connectivity index is 1.34. The number of piperazine rings is 1. The first kappa shape index (κ1) is 18.7. The zero-order valence-electron chi connectivity index (χ0n) is 17.2. The van der Waals surface area contributed by atoms with Crippen LogP contribution >= 0.6 is 0 Å². The third-order valence-electron chi connectivity index (χ3n) is 6.05. The molecule has 3 N–H and O–H groups in total. The van der Waals surface area contributed by atoms with Gasteiger partial charge in [0.1, 0.15) is 11.5 Å². The van der Waals surface area contributed by atoms with E-state index in [9.17, 15) is 4.79 Å². The Hall–Kier alpha value is -3.29. The predicted molar refractivity (Wildman–Crippen MR) is 119 cm³/mol. The van der Waals surface area contributed by atoms with Crippen molar-refractivity contribution in [3.63, 3.8) is 0 Å². The molecule has 5 rings (SSSR count). The zero-order chi connectivity index (χ0) is 20.5. The smallest absolute Gasteiger partial charge is 0.231 e. The van der Waals surface area contributed by atoms with Crippen LogP contribution in [0.2, 0.25) is 0 Å². The Labute approximate surface area is 175 Å². The summed E-state index contributed by atoms with van der Waals surface area (Å²) in [7, 11) is 0. The van der Waals surface area contributed by atoms with Crippen molar-refractivity contribution in [1.29, 1.82) is 0 Å². The summed E-state index contributed by atoms with van der Waals surface area (Å²) in [4.78, 5) is 28.4. The molecular formula is C22H27N7O. The van der Waals surface area contributed by atoms with E-state index in [0.717, 1.165) is 54.4 Å². The Kier molecular flexibility index (Phi) is 4.90. The molecule has 8 heteroatoms. The first-order valence-corrected chi connectivity index (χ1v) is 10.6. The molecule has 0 radical (unpaired) electrons. The second-order valence-corrected chi connectivity index (χ2v) is 8.08. The summed E-state index contributed by atoms with van der Waals surface area (Å²) < 4.78 is 0. The summed E-state index contributed by atoms with van der Waals surface area (Å²) >= 11 is 0. The highest BCUT2D eigenvalue weighted by Gasteiger charge is 2.21. The third-order valence-corrected chi connectivity index (χ3v) is 6.05. The molecule has 2 aromatic heterocycles. The molecule has 1 aromatic carbocycles. The second kappa shape index (κ2) is 7.85. The third kappa shape index (κ3) is 3.77. The first-order valence-electron chi connectivity index (χ1n) is 10.6. The van der Waals surface area contributed by atoms with Crippen LogP contribution in [0.1, 0.15) is 26.2 Å². The normalized spacial score (nSPS) is 17.1. The first-order chi connectivity index (χ1) is 14.7. The summed E-state index contributed by atoms with van der Waals surface area (Å²) in [5.74, 6) is 1.60. The number of aromatic amines is 1. The van der Waals surface area contributed by atoms with Crippen LogP contribution in [0.4, 0.5) is 23.1 Å². The number of nitrogens with one attached hydrogen (secondary N) is 3. The molecule has 1 saturated heterocycles. The molecular weight excluding hydrogens is 378 g/mol. The van der Waals surface area contributed by atoms with Gasteiger partial charge in [0.05, 0.1) is 5.39 Å². The monoisotopic (exact) mass is 405 g/mol. The molecule has 0 atom stereocenters. The number of benzene rings is 1. The summed E-state index contributed by atoms with van der Waals surface area (Å²) in [5.41, 5.74) is 2.91. The van der Waals surface area contributed by atoms with Crippen molar-refractivity contribution in [2.24, 2.45) is 0 Å². The number of fused-ring (bicyclic) bond motifs is 1. The second-order valence-electron chi connectivity index (χ2n) is 8.08. The molecule has 8 nitrogen and oxygen atoms in total. The average molecular weight is 406 g/mol. The van der Waals surface area contributed by atoms with E-state index in [0.29, 0.717) is 12.0 Å². The van der Waals surface area contributed by atoms with E-state index in [1.807, 2.05) is 29.3 Å². The van der Waals surface area contributed by atoms with Crippen LogP contribution in [-0.2, 0) is 4.79 Å². The molecule has 1 aliphatic carbocycles. The van der Waals surface area contributed by atoms with Gasteiger partial charge in [-0.2, -0.15) is 9.97 Å². The van der Waals surface area contributed by atoms with Crippen LogP contribution < -0.4 is 15.5 Å². The SMILES string of the molecule is CC(=O)N1CCN(c2cccc(Nc3nc(NC4CCC4)c4cc[nH]c4n3)c2)CC1. The summed E-state index contributed by atoms with van der Waals surface area (Å²) in [6.07, 6.45) is 5.56. The standard InChI is InChI=1S/C22H27N7O/c1-15(30)28-10-12-29(13-11-28)18-7-3-6-17(14-18)25-22-26-20-19(8-9-23-20)21(27-22)24-16-4-2-5-16/h3,6-9,14,16H,2,4-5,10-13H2,1H3,(H3,23,24,25,26,27). The van der Waals surface area contributed by atoms with E-state index < -0.39 is 0 Å². The van der Waals surface area contributed by atoms with Crippen molar-refractivity contribution in [3.8, 4) is 0 Å². The van der Waals surface area contributed by atoms with Crippen molar-refractivity contribution in [3.05, 3.63) is 36.5 Å². The van der Waals surface area contributed by atoms with Crippen LogP contribution in [0.25, 0.3) is 11.0 Å². The van der Waals surface area contributed by atoms with Gasteiger partial charge in [-0.25, -0.2) is 0 Å². The topological polar surface area (TPSA) is 89.2 Å². The van der Waals surface area contributed by atoms with Crippen molar-refractivity contribution >= 4 is 40.1 Å². The number of nitrogens with zero attached hydrogens (tertiary/aromatic N) is 4. The van der Waals surface area contributed by atoms with E-state index in [1.165, 1.54) is 19.3 Å². The van der Waals surface area contributed by atoms with E-state index >= 15 is 0 Å². The van der Waals surface area contributed by atoms with Crippen LogP contribution in [0.3, 0.4) is 0 Å². The minimum Gasteiger partial charge on any atom is -0.368 e. The molecule has 3 heterocycles. The molecule has 0 unspecified atom stereocenters. The number of hydrogen-bond donors (Lipinski definition) is 3. The molecule has 1 aliphatic heterocycles. The lowest BCUT2D eigenvalue weighted by atomic mass is 9.93. The lowest BCUT2D eigenvalue weighted by Gasteiger charge is -2.35. The van der Waals surface area contributed by atoms with Gasteiger partial charge in [-0.05, 0) is 43.5 Å². The summed E-state index contributed by atoms with van der Waals surface area (Å²) in [6.45, 7) is 4.83. The largest absolute Gasteiger partial charge is 0.368 e. The van der Waals surface area contributed by atoms with Crippen LogP contribution in [-0.4, -0.2) is 58.0 Å². The lowest BCUT2D eigenvalue weighted by molar-refractivity contribution is -0.129. The number of H-pyrrole nitrogens is 1. The zero-order valence-corrected chi connectivity index (χ0v) is 17.2. The van der Waals surface area contributed by atoms with E-state index in [1.54, 1.807) is 6.92 Å². The van der Waals surface area contributed by atoms with Gasteiger partial charge in [0.15, 0.2) is 0 Å². The molecule has 1 saturated carbocycles. The van der Waals surface area contributed by atoms with Crippen molar-refractivity contribution in [1.82, 2.24) is 19.9 Å². The Bertz CT molecular complexity index is 1050. The highest BCUT2D eigenvalue weighted by Crippen LogP contribution is 2.29. The van der Waals surface area contributed by atoms with Crippen LogP contribution in [0.15, 0.2) is 36.5 Å². The van der Waals surface area contributed by atoms with Crippen molar-refractivity contribution in [2.45, 2.75) is 32.2 Å².